The minimum atomic E-state index is -0.212. The number of rotatable bonds is 2. The van der Waals surface area contributed by atoms with E-state index < -0.39 is 0 Å². The van der Waals surface area contributed by atoms with Gasteiger partial charge in [0, 0.05) is 5.56 Å². The minimum absolute atomic E-state index is 0.212. The summed E-state index contributed by atoms with van der Waals surface area (Å²) in [7, 11) is 0. The van der Waals surface area contributed by atoms with Gasteiger partial charge in [-0.2, -0.15) is 10.4 Å². The third-order valence-corrected chi connectivity index (χ3v) is 1.90. The zero-order valence-electron chi connectivity index (χ0n) is 7.60. The summed E-state index contributed by atoms with van der Waals surface area (Å²) in [6, 6.07) is 9.02. The van der Waals surface area contributed by atoms with Gasteiger partial charge in [-0.15, -0.1) is 0 Å². The fourth-order valence-electron chi connectivity index (χ4n) is 1.19. The van der Waals surface area contributed by atoms with Crippen molar-refractivity contribution < 1.29 is 4.79 Å². The second kappa shape index (κ2) is 3.95. The monoisotopic (exact) mass is 185 g/mol. The Morgan fingerprint density at radius 2 is 1.86 bits per heavy atom. The summed E-state index contributed by atoms with van der Waals surface area (Å²) < 4.78 is 0. The van der Waals surface area contributed by atoms with Crippen LogP contribution in [-0.4, -0.2) is 24.0 Å². The van der Waals surface area contributed by atoms with Crippen LogP contribution in [0.4, 0.5) is 0 Å². The van der Waals surface area contributed by atoms with Gasteiger partial charge in [0.1, 0.15) is 0 Å². The van der Waals surface area contributed by atoms with Gasteiger partial charge < -0.3 is 0 Å². The molecule has 1 aliphatic heterocycles. The van der Waals surface area contributed by atoms with Crippen molar-refractivity contribution in [2.45, 2.75) is 0 Å². The normalized spacial score (nSPS) is 14.6. The smallest absolute Gasteiger partial charge is 0.266 e. The molecular weight excluding hydrogens is 176 g/mol. The molecular formula is C11H9N2O. The molecule has 1 amide bonds. The van der Waals surface area contributed by atoms with Crippen molar-refractivity contribution in [3.05, 3.63) is 35.9 Å². The molecule has 1 radical (unpaired) electrons. The first-order chi connectivity index (χ1) is 6.86. The molecule has 0 saturated carbocycles. The van der Waals surface area contributed by atoms with E-state index in [0.29, 0.717) is 18.7 Å². The number of carbonyl (C=O) groups excluding carboxylic acids is 1. The van der Waals surface area contributed by atoms with E-state index in [2.05, 4.69) is 17.3 Å². The Balaban J connectivity index is 1.96. The van der Waals surface area contributed by atoms with Gasteiger partial charge in [-0.05, 0) is 12.1 Å². The van der Waals surface area contributed by atoms with Crippen LogP contribution in [0.1, 0.15) is 10.4 Å². The molecule has 1 aliphatic rings. The van der Waals surface area contributed by atoms with Crippen molar-refractivity contribution in [1.82, 2.24) is 10.4 Å². The Bertz CT molecular complexity index is 379. The third kappa shape index (κ3) is 1.93. The fourth-order valence-corrected chi connectivity index (χ4v) is 1.19. The SMILES string of the molecule is O=C([N]N1CC#CC1)c1ccccc1. The maximum atomic E-state index is 11.5. The lowest BCUT2D eigenvalue weighted by Crippen LogP contribution is -2.34. The maximum absolute atomic E-state index is 11.5. The molecule has 0 fully saturated rings. The largest absolute Gasteiger partial charge is 0.288 e. The summed E-state index contributed by atoms with van der Waals surface area (Å²) in [5.41, 5.74) is 4.53. The first kappa shape index (κ1) is 8.79. The number of nitrogens with zero attached hydrogens (tertiary/aromatic N) is 2. The highest BCUT2D eigenvalue weighted by Gasteiger charge is 2.13. The molecule has 0 N–H and O–H groups in total. The summed E-state index contributed by atoms with van der Waals surface area (Å²) >= 11 is 0. The van der Waals surface area contributed by atoms with Crippen LogP contribution >= 0.6 is 0 Å². The van der Waals surface area contributed by atoms with Crippen LogP contribution in [0.2, 0.25) is 0 Å². The topological polar surface area (TPSA) is 34.4 Å². The van der Waals surface area contributed by atoms with Crippen molar-refractivity contribution in [3.8, 4) is 11.8 Å². The molecule has 1 aromatic carbocycles. The average Bonchev–Trinajstić information content (AvgIpc) is 2.72. The Labute approximate surface area is 82.7 Å². The lowest BCUT2D eigenvalue weighted by atomic mass is 10.2. The van der Waals surface area contributed by atoms with Crippen LogP contribution in [0.3, 0.4) is 0 Å². The Hall–Kier alpha value is -1.79. The van der Waals surface area contributed by atoms with Crippen molar-refractivity contribution in [2.24, 2.45) is 0 Å². The molecule has 0 saturated heterocycles. The number of amides is 1. The van der Waals surface area contributed by atoms with Gasteiger partial charge in [-0.25, -0.2) is 0 Å². The van der Waals surface area contributed by atoms with E-state index >= 15 is 0 Å². The second-order valence-corrected chi connectivity index (χ2v) is 2.95. The van der Waals surface area contributed by atoms with Crippen LogP contribution < -0.4 is 5.43 Å². The summed E-state index contributed by atoms with van der Waals surface area (Å²) in [5, 5.41) is 1.63. The van der Waals surface area contributed by atoms with E-state index in [9.17, 15) is 4.79 Å². The maximum Gasteiger partial charge on any atom is 0.288 e. The highest BCUT2D eigenvalue weighted by molar-refractivity contribution is 5.93. The van der Waals surface area contributed by atoms with Gasteiger partial charge >= 0.3 is 0 Å². The van der Waals surface area contributed by atoms with Gasteiger partial charge in [-0.3, -0.25) is 4.79 Å². The van der Waals surface area contributed by atoms with E-state index in [0.717, 1.165) is 0 Å². The Kier molecular flexibility index (Phi) is 2.48. The summed E-state index contributed by atoms with van der Waals surface area (Å²) in [4.78, 5) is 11.5. The summed E-state index contributed by atoms with van der Waals surface area (Å²) in [5.74, 6) is 5.51. The predicted molar refractivity (Wildman–Crippen MR) is 52.3 cm³/mol. The van der Waals surface area contributed by atoms with Gasteiger partial charge in [0.25, 0.3) is 5.91 Å². The molecule has 0 aromatic heterocycles. The zero-order valence-corrected chi connectivity index (χ0v) is 7.60. The van der Waals surface area contributed by atoms with Crippen LogP contribution in [0.25, 0.3) is 0 Å². The fraction of sp³-hybridized carbons (Fsp3) is 0.182. The number of carbonyl (C=O) groups is 1. The van der Waals surface area contributed by atoms with Crippen molar-refractivity contribution in [3.63, 3.8) is 0 Å². The van der Waals surface area contributed by atoms with Crippen LogP contribution in [0.15, 0.2) is 30.3 Å². The molecule has 0 spiro atoms. The van der Waals surface area contributed by atoms with Crippen LogP contribution in [0.5, 0.6) is 0 Å². The molecule has 0 unspecified atom stereocenters. The Morgan fingerprint density at radius 1 is 1.21 bits per heavy atom. The molecule has 0 bridgehead atoms. The molecule has 3 nitrogen and oxygen atoms in total. The zero-order chi connectivity index (χ0) is 9.80. The molecule has 0 atom stereocenters. The number of hydrogen-bond acceptors (Lipinski definition) is 2. The Morgan fingerprint density at radius 3 is 2.50 bits per heavy atom. The van der Waals surface area contributed by atoms with Crippen molar-refractivity contribution in [2.75, 3.05) is 13.1 Å². The van der Waals surface area contributed by atoms with Crippen molar-refractivity contribution in [1.29, 1.82) is 0 Å². The summed E-state index contributed by atoms with van der Waals surface area (Å²) in [6.07, 6.45) is 0. The average molecular weight is 185 g/mol. The predicted octanol–water partition coefficient (Wildman–Crippen LogP) is 0.665. The molecule has 2 rings (SSSR count). The van der Waals surface area contributed by atoms with Gasteiger partial charge in [0.15, 0.2) is 0 Å². The first-order valence-corrected chi connectivity index (χ1v) is 4.38. The lowest BCUT2D eigenvalue weighted by Gasteiger charge is -2.10. The second-order valence-electron chi connectivity index (χ2n) is 2.95. The quantitative estimate of drug-likeness (QED) is 0.634. The van der Waals surface area contributed by atoms with Crippen LogP contribution in [-0.2, 0) is 0 Å². The highest BCUT2D eigenvalue weighted by Crippen LogP contribution is 2.00. The van der Waals surface area contributed by atoms with Crippen molar-refractivity contribution >= 4 is 5.91 Å². The van der Waals surface area contributed by atoms with Gasteiger partial charge in [0.2, 0.25) is 0 Å². The van der Waals surface area contributed by atoms with E-state index in [1.54, 1.807) is 17.1 Å². The molecule has 14 heavy (non-hydrogen) atoms. The number of benzene rings is 1. The van der Waals surface area contributed by atoms with E-state index in [-0.39, 0.29) is 5.91 Å². The molecule has 69 valence electrons. The lowest BCUT2D eigenvalue weighted by molar-refractivity contribution is 0.0821. The molecule has 1 aromatic rings. The van der Waals surface area contributed by atoms with Gasteiger partial charge in [0.05, 0.1) is 13.1 Å². The van der Waals surface area contributed by atoms with Crippen LogP contribution in [0, 0.1) is 11.8 Å². The first-order valence-electron chi connectivity index (χ1n) is 4.38. The molecule has 1 heterocycles. The van der Waals surface area contributed by atoms with E-state index in [1.807, 2.05) is 18.2 Å². The van der Waals surface area contributed by atoms with Gasteiger partial charge in [-0.1, -0.05) is 30.0 Å². The number of hydrogen-bond donors (Lipinski definition) is 0. The molecule has 0 aliphatic carbocycles. The highest BCUT2D eigenvalue weighted by atomic mass is 16.2. The standard InChI is InChI=1S/C11H9N2O/c14-11(10-6-2-1-3-7-10)12-13-8-4-5-9-13/h1-3,6-7H,8-9H2. The molecule has 3 heteroatoms. The summed E-state index contributed by atoms with van der Waals surface area (Å²) in [6.45, 7) is 1.11. The third-order valence-electron chi connectivity index (χ3n) is 1.90. The van der Waals surface area contributed by atoms with E-state index in [4.69, 9.17) is 0 Å². The van der Waals surface area contributed by atoms with E-state index in [1.165, 1.54) is 0 Å². The minimum Gasteiger partial charge on any atom is -0.266 e.